The summed E-state index contributed by atoms with van der Waals surface area (Å²) in [5.74, 6) is -1.48. The maximum Gasteiger partial charge on any atom is 0.410 e. The van der Waals surface area contributed by atoms with Gasteiger partial charge in [-0.3, -0.25) is 14.4 Å². The van der Waals surface area contributed by atoms with Gasteiger partial charge in [0.05, 0.1) is 12.1 Å². The maximum atomic E-state index is 14.6. The summed E-state index contributed by atoms with van der Waals surface area (Å²) in [4.78, 5) is 70.8. The third kappa shape index (κ3) is 9.17. The van der Waals surface area contributed by atoms with E-state index in [-0.39, 0.29) is 44.0 Å². The Morgan fingerprint density at radius 2 is 1.45 bits per heavy atom. The summed E-state index contributed by atoms with van der Waals surface area (Å²) in [5, 5.41) is 8.98. The summed E-state index contributed by atoms with van der Waals surface area (Å²) < 4.78 is 11.2. The van der Waals surface area contributed by atoms with Crippen molar-refractivity contribution in [3.05, 3.63) is 95.1 Å². The summed E-state index contributed by atoms with van der Waals surface area (Å²) in [6.07, 6.45) is 1.45. The average Bonchev–Trinajstić information content (AvgIpc) is 3.71. The first kappa shape index (κ1) is 40.3. The van der Waals surface area contributed by atoms with E-state index in [9.17, 15) is 24.0 Å². The first-order valence-electron chi connectivity index (χ1n) is 19.5. The van der Waals surface area contributed by atoms with Crippen molar-refractivity contribution in [1.29, 1.82) is 0 Å². The van der Waals surface area contributed by atoms with Crippen molar-refractivity contribution < 1.29 is 33.4 Å². The standard InChI is InChI=1S/C44H55N5O7/c1-43(2,3)38(47-37(50)25-48(7)42(54)56-44(4,5)6)40(52)49-24-28(23-36(49)39(51)46-35-22-14-16-27-15-8-9-17-29(27)35)45-41(53)55-26-34-32-20-12-10-18-30(32)31-19-11-13-21-33(31)34/h8-13,15,17-21,28,34-36,38H,14,16,22-26H2,1-7H3,(H,45,53)(H,46,51)(H,47,50)/t28-,35?,36?,38+/m0/s1. The van der Waals surface area contributed by atoms with Gasteiger partial charge in [0, 0.05) is 19.5 Å². The number of fused-ring (bicyclic) bond motifs is 4. The van der Waals surface area contributed by atoms with Crippen LogP contribution in [0.15, 0.2) is 72.8 Å². The molecule has 3 aromatic carbocycles. The van der Waals surface area contributed by atoms with Gasteiger partial charge in [-0.2, -0.15) is 0 Å². The molecule has 3 aromatic rings. The van der Waals surface area contributed by atoms with Gasteiger partial charge in [-0.05, 0) is 85.3 Å². The smallest absolute Gasteiger partial charge is 0.410 e. The molecule has 4 atom stereocenters. The van der Waals surface area contributed by atoms with E-state index in [1.54, 1.807) is 20.8 Å². The molecule has 1 aliphatic heterocycles. The van der Waals surface area contributed by atoms with Gasteiger partial charge in [0.15, 0.2) is 0 Å². The van der Waals surface area contributed by atoms with E-state index >= 15 is 0 Å². The lowest BCUT2D eigenvalue weighted by Gasteiger charge is -2.36. The number of aryl methyl sites for hydroxylation is 1. The van der Waals surface area contributed by atoms with Crippen molar-refractivity contribution in [1.82, 2.24) is 25.8 Å². The lowest BCUT2D eigenvalue weighted by Crippen LogP contribution is -2.59. The van der Waals surface area contributed by atoms with Crippen molar-refractivity contribution in [3.63, 3.8) is 0 Å². The molecule has 1 fully saturated rings. The second-order valence-electron chi connectivity index (χ2n) is 17.3. The van der Waals surface area contributed by atoms with E-state index in [1.807, 2.05) is 63.2 Å². The quantitative estimate of drug-likeness (QED) is 0.239. The third-order valence-corrected chi connectivity index (χ3v) is 10.7. The Balaban J connectivity index is 1.18. The van der Waals surface area contributed by atoms with Crippen LogP contribution in [-0.4, -0.2) is 90.2 Å². The molecular weight excluding hydrogens is 711 g/mol. The van der Waals surface area contributed by atoms with Crippen LogP contribution < -0.4 is 16.0 Å². The maximum absolute atomic E-state index is 14.6. The third-order valence-electron chi connectivity index (χ3n) is 10.7. The summed E-state index contributed by atoms with van der Waals surface area (Å²) in [7, 11) is 1.45. The van der Waals surface area contributed by atoms with E-state index in [2.05, 4.69) is 46.3 Å². The number of carbonyl (C=O) groups is 5. The molecule has 0 radical (unpaired) electrons. The fourth-order valence-corrected chi connectivity index (χ4v) is 8.05. The molecule has 1 heterocycles. The monoisotopic (exact) mass is 765 g/mol. The Hall–Kier alpha value is -5.39. The van der Waals surface area contributed by atoms with E-state index in [4.69, 9.17) is 9.47 Å². The molecule has 0 bridgehead atoms. The molecule has 1 saturated heterocycles. The molecule has 0 saturated carbocycles. The minimum absolute atomic E-state index is 0.0304. The number of benzene rings is 3. The van der Waals surface area contributed by atoms with Gasteiger partial charge in [-0.15, -0.1) is 0 Å². The molecule has 5 amide bonds. The Kier molecular flexibility index (Phi) is 11.8. The molecule has 56 heavy (non-hydrogen) atoms. The molecule has 12 heteroatoms. The average molecular weight is 766 g/mol. The van der Waals surface area contributed by atoms with Crippen molar-refractivity contribution in [2.45, 2.75) is 103 Å². The van der Waals surface area contributed by atoms with Gasteiger partial charge in [0.1, 0.15) is 30.8 Å². The van der Waals surface area contributed by atoms with Crippen molar-refractivity contribution in [2.75, 3.05) is 26.7 Å². The van der Waals surface area contributed by atoms with Gasteiger partial charge < -0.3 is 35.2 Å². The SMILES string of the molecule is CN(CC(=O)N[C@H](C(=O)N1C[C@@H](NC(=O)OCC2c3ccccc3-c3ccccc32)CC1C(=O)NC1CCCc2ccccc21)C(C)(C)C)C(=O)OC(C)(C)C. The predicted molar refractivity (Wildman–Crippen MR) is 213 cm³/mol. The van der Waals surface area contributed by atoms with Gasteiger partial charge in [0.2, 0.25) is 17.7 Å². The molecule has 0 spiro atoms. The van der Waals surface area contributed by atoms with Crippen molar-refractivity contribution in [3.8, 4) is 11.1 Å². The molecule has 2 unspecified atom stereocenters. The number of hydrogen-bond donors (Lipinski definition) is 3. The fourth-order valence-electron chi connectivity index (χ4n) is 8.05. The molecule has 6 rings (SSSR count). The lowest BCUT2D eigenvalue weighted by atomic mass is 9.85. The zero-order valence-corrected chi connectivity index (χ0v) is 33.5. The second kappa shape index (κ2) is 16.4. The summed E-state index contributed by atoms with van der Waals surface area (Å²) >= 11 is 0. The van der Waals surface area contributed by atoms with Crippen molar-refractivity contribution >= 4 is 29.9 Å². The van der Waals surface area contributed by atoms with Gasteiger partial charge in [-0.25, -0.2) is 9.59 Å². The van der Waals surface area contributed by atoms with Crippen LogP contribution in [0, 0.1) is 5.41 Å². The van der Waals surface area contributed by atoms with Gasteiger partial charge in [0.25, 0.3) is 0 Å². The Morgan fingerprint density at radius 1 is 0.839 bits per heavy atom. The second-order valence-corrected chi connectivity index (χ2v) is 17.3. The van der Waals surface area contributed by atoms with Gasteiger partial charge in [-0.1, -0.05) is 93.6 Å². The first-order chi connectivity index (χ1) is 26.5. The Labute approximate surface area is 329 Å². The Bertz CT molecular complexity index is 1920. The number of rotatable bonds is 9. The van der Waals surface area contributed by atoms with Crippen molar-refractivity contribution in [2.24, 2.45) is 5.41 Å². The molecular formula is C44H55N5O7. The Morgan fingerprint density at radius 3 is 2.07 bits per heavy atom. The molecule has 3 N–H and O–H groups in total. The number of nitrogens with one attached hydrogen (secondary N) is 3. The highest BCUT2D eigenvalue weighted by atomic mass is 16.6. The minimum atomic E-state index is -1.05. The van der Waals surface area contributed by atoms with Crippen LogP contribution in [0.2, 0.25) is 0 Å². The van der Waals surface area contributed by atoms with Crippen LogP contribution in [-0.2, 0) is 30.3 Å². The van der Waals surface area contributed by atoms with Crippen LogP contribution in [0.3, 0.4) is 0 Å². The number of ether oxygens (including phenoxy) is 2. The number of hydrogen-bond acceptors (Lipinski definition) is 7. The number of carbonyl (C=O) groups excluding carboxylic acids is 5. The fraction of sp³-hybridized carbons (Fsp3) is 0.477. The van der Waals surface area contributed by atoms with E-state index < -0.39 is 53.1 Å². The largest absolute Gasteiger partial charge is 0.449 e. The van der Waals surface area contributed by atoms with Crippen LogP contribution >= 0.6 is 0 Å². The number of amides is 5. The van der Waals surface area contributed by atoms with Crippen LogP contribution in [0.5, 0.6) is 0 Å². The predicted octanol–water partition coefficient (Wildman–Crippen LogP) is 6.09. The van der Waals surface area contributed by atoms with Crippen LogP contribution in [0.1, 0.15) is 95.0 Å². The number of likely N-dealkylation sites (N-methyl/N-ethyl adjacent to an activating group) is 1. The zero-order valence-electron chi connectivity index (χ0n) is 33.5. The van der Waals surface area contributed by atoms with E-state index in [1.165, 1.54) is 17.5 Å². The van der Waals surface area contributed by atoms with E-state index in [0.29, 0.717) is 0 Å². The van der Waals surface area contributed by atoms with E-state index in [0.717, 1.165) is 52.0 Å². The molecule has 298 valence electrons. The number of nitrogens with zero attached hydrogens (tertiary/aromatic N) is 2. The summed E-state index contributed by atoms with van der Waals surface area (Å²) in [5.41, 5.74) is 5.14. The zero-order chi connectivity index (χ0) is 40.4. The molecule has 2 aliphatic carbocycles. The first-order valence-corrected chi connectivity index (χ1v) is 19.5. The molecule has 12 nitrogen and oxygen atoms in total. The molecule has 3 aliphatic rings. The number of likely N-dealkylation sites (tertiary alicyclic amines) is 1. The van der Waals surface area contributed by atoms with Crippen LogP contribution in [0.25, 0.3) is 11.1 Å². The molecule has 0 aromatic heterocycles. The summed E-state index contributed by atoms with van der Waals surface area (Å²) in [6.45, 7) is 10.5. The topological polar surface area (TPSA) is 146 Å². The highest BCUT2D eigenvalue weighted by Gasteiger charge is 2.46. The minimum Gasteiger partial charge on any atom is -0.449 e. The van der Waals surface area contributed by atoms with Crippen LogP contribution in [0.4, 0.5) is 9.59 Å². The normalized spacial score (nSPS) is 19.5. The highest BCUT2D eigenvalue weighted by Crippen LogP contribution is 2.44. The number of alkyl carbamates (subject to hydrolysis) is 1. The summed E-state index contributed by atoms with van der Waals surface area (Å²) in [6, 6.07) is 21.4. The highest BCUT2D eigenvalue weighted by molar-refractivity contribution is 5.94. The van der Waals surface area contributed by atoms with Gasteiger partial charge >= 0.3 is 12.2 Å². The lowest BCUT2D eigenvalue weighted by molar-refractivity contribution is -0.144.